The molecule has 0 fully saturated rings. The van der Waals surface area contributed by atoms with E-state index in [-0.39, 0.29) is 6.10 Å². The van der Waals surface area contributed by atoms with E-state index in [1.165, 1.54) is 44.9 Å². The summed E-state index contributed by atoms with van der Waals surface area (Å²) in [6.07, 6.45) is 18.7. The number of carbonyl (C=O) groups is 1. The number of hydrogen-bond donors (Lipinski definition) is 1. The first-order valence-electron chi connectivity index (χ1n) is 8.99. The van der Waals surface area contributed by atoms with Gasteiger partial charge in [-0.25, -0.2) is 0 Å². The highest BCUT2D eigenvalue weighted by atomic mass is 16.3. The molecular formula is C19H36O2. The summed E-state index contributed by atoms with van der Waals surface area (Å²) in [5, 5.41) is 9.81. The van der Waals surface area contributed by atoms with Crippen molar-refractivity contribution in [3.05, 3.63) is 12.2 Å². The van der Waals surface area contributed by atoms with E-state index in [2.05, 4.69) is 19.1 Å². The molecule has 1 atom stereocenters. The minimum atomic E-state index is -0.148. The third-order valence-corrected chi connectivity index (χ3v) is 3.87. The molecule has 0 aliphatic carbocycles. The molecule has 0 saturated carbocycles. The molecular weight excluding hydrogens is 260 g/mol. The lowest BCUT2D eigenvalue weighted by Crippen LogP contribution is -2.04. The van der Waals surface area contributed by atoms with E-state index in [1.54, 1.807) is 6.92 Å². The summed E-state index contributed by atoms with van der Waals surface area (Å²) in [6, 6.07) is 0. The van der Waals surface area contributed by atoms with Gasteiger partial charge in [0.25, 0.3) is 0 Å². The molecule has 0 saturated heterocycles. The topological polar surface area (TPSA) is 37.3 Å². The van der Waals surface area contributed by atoms with E-state index in [4.69, 9.17) is 0 Å². The summed E-state index contributed by atoms with van der Waals surface area (Å²) in [6.45, 7) is 3.88. The second-order valence-corrected chi connectivity index (χ2v) is 6.22. The van der Waals surface area contributed by atoms with Crippen LogP contribution in [0.25, 0.3) is 0 Å². The van der Waals surface area contributed by atoms with Gasteiger partial charge in [0.1, 0.15) is 5.78 Å². The average Bonchev–Trinajstić information content (AvgIpc) is 2.45. The van der Waals surface area contributed by atoms with Gasteiger partial charge in [0, 0.05) is 6.42 Å². The van der Waals surface area contributed by atoms with Crippen molar-refractivity contribution in [1.82, 2.24) is 0 Å². The van der Waals surface area contributed by atoms with Gasteiger partial charge in [0.15, 0.2) is 0 Å². The van der Waals surface area contributed by atoms with Crippen molar-refractivity contribution in [3.63, 3.8) is 0 Å². The molecule has 124 valence electrons. The number of unbranched alkanes of at least 4 members (excludes halogenated alkanes) is 8. The van der Waals surface area contributed by atoms with Crippen LogP contribution in [0.5, 0.6) is 0 Å². The monoisotopic (exact) mass is 296 g/mol. The van der Waals surface area contributed by atoms with E-state index in [9.17, 15) is 9.90 Å². The largest absolute Gasteiger partial charge is 0.393 e. The second-order valence-electron chi connectivity index (χ2n) is 6.22. The van der Waals surface area contributed by atoms with E-state index in [0.29, 0.717) is 5.78 Å². The second kappa shape index (κ2) is 15.8. The Bertz CT molecular complexity index is 258. The smallest absolute Gasteiger partial charge is 0.129 e. The van der Waals surface area contributed by atoms with Crippen LogP contribution in [0.3, 0.4) is 0 Å². The number of carbonyl (C=O) groups excluding carboxylic acids is 1. The summed E-state index contributed by atoms with van der Waals surface area (Å²) in [4.78, 5) is 10.8. The van der Waals surface area contributed by atoms with Gasteiger partial charge >= 0.3 is 0 Å². The molecule has 0 amide bonds. The van der Waals surface area contributed by atoms with Crippen molar-refractivity contribution in [2.45, 2.75) is 103 Å². The van der Waals surface area contributed by atoms with Crippen LogP contribution < -0.4 is 0 Å². The van der Waals surface area contributed by atoms with Gasteiger partial charge in [0.2, 0.25) is 0 Å². The van der Waals surface area contributed by atoms with E-state index < -0.39 is 0 Å². The first kappa shape index (κ1) is 20.4. The van der Waals surface area contributed by atoms with Crippen molar-refractivity contribution < 1.29 is 9.90 Å². The number of hydrogen-bond acceptors (Lipinski definition) is 2. The van der Waals surface area contributed by atoms with Gasteiger partial charge in [-0.3, -0.25) is 0 Å². The van der Waals surface area contributed by atoms with Crippen molar-refractivity contribution in [3.8, 4) is 0 Å². The molecule has 2 nitrogen and oxygen atoms in total. The highest BCUT2D eigenvalue weighted by Gasteiger charge is 2.00. The van der Waals surface area contributed by atoms with Gasteiger partial charge in [-0.15, -0.1) is 0 Å². The quantitative estimate of drug-likeness (QED) is 0.316. The fraction of sp³-hybridized carbons (Fsp3) is 0.842. The fourth-order valence-electron chi connectivity index (χ4n) is 2.46. The van der Waals surface area contributed by atoms with Crippen LogP contribution in [0.15, 0.2) is 12.2 Å². The van der Waals surface area contributed by atoms with Crippen LogP contribution >= 0.6 is 0 Å². The Morgan fingerprint density at radius 2 is 1.62 bits per heavy atom. The Kier molecular flexibility index (Phi) is 15.3. The molecule has 0 radical (unpaired) electrons. The summed E-state index contributed by atoms with van der Waals surface area (Å²) < 4.78 is 0. The molecule has 0 aliphatic rings. The Morgan fingerprint density at radius 3 is 2.33 bits per heavy atom. The number of Topliss-reactive ketones (excluding diaryl/α,β-unsaturated/α-hetero) is 1. The summed E-state index contributed by atoms with van der Waals surface area (Å²) in [7, 11) is 0. The van der Waals surface area contributed by atoms with Gasteiger partial charge < -0.3 is 9.90 Å². The predicted octanol–water partition coefficient (Wildman–Crippen LogP) is 5.58. The lowest BCUT2D eigenvalue weighted by Gasteiger charge is -2.07. The first-order valence-corrected chi connectivity index (χ1v) is 8.99. The molecule has 0 aliphatic heterocycles. The van der Waals surface area contributed by atoms with Gasteiger partial charge in [-0.1, -0.05) is 64.0 Å². The number of aliphatic hydroxyl groups excluding tert-OH is 1. The number of aliphatic hydroxyl groups is 1. The van der Waals surface area contributed by atoms with Crippen LogP contribution in [-0.4, -0.2) is 17.0 Å². The standard InChI is InChI=1S/C19H36O2/c1-3-4-5-13-16-19(21)17-14-11-9-7-6-8-10-12-15-18(2)20/h11,14,19,21H,3-10,12-13,15-17H2,1-2H3/b14-11-/t19-/m1/s1. The lowest BCUT2D eigenvalue weighted by molar-refractivity contribution is -0.117. The third kappa shape index (κ3) is 17.3. The van der Waals surface area contributed by atoms with Crippen LogP contribution in [-0.2, 0) is 4.79 Å². The molecule has 0 aromatic rings. The minimum Gasteiger partial charge on any atom is -0.393 e. The summed E-state index contributed by atoms with van der Waals surface area (Å²) >= 11 is 0. The summed E-state index contributed by atoms with van der Waals surface area (Å²) in [5.74, 6) is 0.311. The van der Waals surface area contributed by atoms with Crippen LogP contribution in [0.4, 0.5) is 0 Å². The maximum absolute atomic E-state index is 10.8. The van der Waals surface area contributed by atoms with Crippen molar-refractivity contribution in [2.75, 3.05) is 0 Å². The van der Waals surface area contributed by atoms with Crippen molar-refractivity contribution in [1.29, 1.82) is 0 Å². The number of ketones is 1. The molecule has 0 aromatic carbocycles. The van der Waals surface area contributed by atoms with E-state index >= 15 is 0 Å². The summed E-state index contributed by atoms with van der Waals surface area (Å²) in [5.41, 5.74) is 0. The third-order valence-electron chi connectivity index (χ3n) is 3.87. The van der Waals surface area contributed by atoms with Gasteiger partial charge in [-0.2, -0.15) is 0 Å². The lowest BCUT2D eigenvalue weighted by atomic mass is 10.1. The molecule has 0 bridgehead atoms. The Balaban J connectivity index is 3.26. The number of allylic oxidation sites excluding steroid dienone is 1. The molecule has 0 aromatic heterocycles. The highest BCUT2D eigenvalue weighted by Crippen LogP contribution is 2.10. The van der Waals surface area contributed by atoms with E-state index in [0.717, 1.165) is 38.5 Å². The molecule has 0 heterocycles. The highest BCUT2D eigenvalue weighted by molar-refractivity contribution is 5.75. The SMILES string of the molecule is CCCCCC[C@@H](O)C/C=C\CCCCCCCC(C)=O. The average molecular weight is 296 g/mol. The van der Waals surface area contributed by atoms with Crippen molar-refractivity contribution in [2.24, 2.45) is 0 Å². The maximum Gasteiger partial charge on any atom is 0.129 e. The first-order chi connectivity index (χ1) is 10.2. The fourth-order valence-corrected chi connectivity index (χ4v) is 2.46. The zero-order valence-corrected chi connectivity index (χ0v) is 14.3. The van der Waals surface area contributed by atoms with Gasteiger partial charge in [-0.05, 0) is 39.0 Å². The molecule has 21 heavy (non-hydrogen) atoms. The number of rotatable bonds is 15. The zero-order chi connectivity index (χ0) is 15.8. The van der Waals surface area contributed by atoms with E-state index in [1.807, 2.05) is 0 Å². The minimum absolute atomic E-state index is 0.148. The Hall–Kier alpha value is -0.630. The Morgan fingerprint density at radius 1 is 0.952 bits per heavy atom. The normalized spacial score (nSPS) is 12.9. The van der Waals surface area contributed by atoms with Crippen LogP contribution in [0, 0.1) is 0 Å². The molecule has 2 heteroatoms. The predicted molar refractivity (Wildman–Crippen MR) is 91.5 cm³/mol. The molecule has 0 rings (SSSR count). The van der Waals surface area contributed by atoms with Crippen LogP contribution in [0.2, 0.25) is 0 Å². The van der Waals surface area contributed by atoms with Crippen molar-refractivity contribution >= 4 is 5.78 Å². The van der Waals surface area contributed by atoms with Gasteiger partial charge in [0.05, 0.1) is 6.10 Å². The zero-order valence-electron chi connectivity index (χ0n) is 14.3. The molecule has 1 N–H and O–H groups in total. The molecule has 0 spiro atoms. The Labute approximate surface area is 132 Å². The maximum atomic E-state index is 10.8. The molecule has 0 unspecified atom stereocenters. The van der Waals surface area contributed by atoms with Crippen LogP contribution in [0.1, 0.15) is 97.3 Å².